The van der Waals surface area contributed by atoms with Crippen LogP contribution in [-0.2, 0) is 11.2 Å². The van der Waals surface area contributed by atoms with E-state index in [1.165, 1.54) is 31.2 Å². The maximum atomic E-state index is 12.7. The molecule has 9 heteroatoms. The number of carbonyl (C=O) groups excluding carboxylic acids is 3. The lowest BCUT2D eigenvalue weighted by molar-refractivity contribution is -0.384. The summed E-state index contributed by atoms with van der Waals surface area (Å²) in [5.74, 6) is -1.97. The molecular formula is C16H13N3O5S. The maximum absolute atomic E-state index is 12.7. The number of aromatic nitrogens is 1. The summed E-state index contributed by atoms with van der Waals surface area (Å²) in [7, 11) is 0. The van der Waals surface area contributed by atoms with Crippen LogP contribution in [-0.4, -0.2) is 27.4 Å². The van der Waals surface area contributed by atoms with Crippen LogP contribution in [0.3, 0.4) is 0 Å². The molecule has 1 heterocycles. The molecule has 25 heavy (non-hydrogen) atoms. The number of hydrogen-bond donors (Lipinski definition) is 1. The quantitative estimate of drug-likeness (QED) is 0.388. The van der Waals surface area contributed by atoms with E-state index in [9.17, 15) is 24.5 Å². The smallest absolute Gasteiger partial charge is 0.270 e. The SMILES string of the molecule is CC(=O)Nc1nc2c(s1)C(=O)[C@H](C(=O)c1cccc([N+](=O)[O-])c1)CC2. The number of nitrogens with one attached hydrogen (secondary N) is 1. The van der Waals surface area contributed by atoms with Crippen molar-refractivity contribution in [1.82, 2.24) is 4.98 Å². The van der Waals surface area contributed by atoms with Crippen molar-refractivity contribution in [1.29, 1.82) is 0 Å². The molecule has 0 saturated heterocycles. The van der Waals surface area contributed by atoms with Crippen molar-refractivity contribution in [2.24, 2.45) is 5.92 Å². The summed E-state index contributed by atoms with van der Waals surface area (Å²) in [6, 6.07) is 5.36. The summed E-state index contributed by atoms with van der Waals surface area (Å²) in [5, 5.41) is 13.7. The van der Waals surface area contributed by atoms with E-state index in [2.05, 4.69) is 10.3 Å². The number of benzene rings is 1. The van der Waals surface area contributed by atoms with Gasteiger partial charge in [-0.3, -0.25) is 24.5 Å². The zero-order valence-electron chi connectivity index (χ0n) is 13.1. The Bertz CT molecular complexity index is 905. The number of non-ortho nitro benzene ring substituents is 1. The summed E-state index contributed by atoms with van der Waals surface area (Å²) in [6.07, 6.45) is 0.721. The highest BCUT2D eigenvalue weighted by atomic mass is 32.1. The van der Waals surface area contributed by atoms with Gasteiger partial charge in [0.2, 0.25) is 5.91 Å². The molecule has 1 aromatic heterocycles. The molecule has 1 aromatic carbocycles. The molecule has 0 aliphatic heterocycles. The average Bonchev–Trinajstić information content (AvgIpc) is 2.97. The lowest BCUT2D eigenvalue weighted by Crippen LogP contribution is -2.28. The molecule has 1 amide bonds. The van der Waals surface area contributed by atoms with Crippen molar-refractivity contribution < 1.29 is 19.3 Å². The first-order chi connectivity index (χ1) is 11.9. The molecule has 1 aliphatic rings. The highest BCUT2D eigenvalue weighted by Gasteiger charge is 2.36. The molecule has 3 rings (SSSR count). The minimum atomic E-state index is -0.889. The Morgan fingerprint density at radius 3 is 2.84 bits per heavy atom. The van der Waals surface area contributed by atoms with Crippen molar-refractivity contribution in [2.75, 3.05) is 5.32 Å². The fourth-order valence-corrected chi connectivity index (χ4v) is 3.76. The maximum Gasteiger partial charge on any atom is 0.270 e. The first-order valence-corrected chi connectivity index (χ1v) is 8.28. The third-order valence-electron chi connectivity index (χ3n) is 3.85. The molecular weight excluding hydrogens is 346 g/mol. The second kappa shape index (κ2) is 6.52. The summed E-state index contributed by atoms with van der Waals surface area (Å²) in [4.78, 5) is 51.3. The summed E-state index contributed by atoms with van der Waals surface area (Å²) in [5.41, 5.74) is 0.518. The fraction of sp³-hybridized carbons (Fsp3) is 0.250. The Labute approximate surface area is 146 Å². The van der Waals surface area contributed by atoms with E-state index in [0.29, 0.717) is 22.1 Å². The standard InChI is InChI=1S/C16H13N3O5S/c1-8(20)17-16-18-12-6-5-11(14(22)15(12)25-16)13(21)9-3-2-4-10(7-9)19(23)24/h2-4,7,11H,5-6H2,1H3,(H,17,18,20)/t11-/m0/s1. The number of aryl methyl sites for hydroxylation is 1. The molecule has 0 fully saturated rings. The Balaban J connectivity index is 1.87. The van der Waals surface area contributed by atoms with E-state index < -0.39 is 16.6 Å². The molecule has 1 aliphatic carbocycles. The van der Waals surface area contributed by atoms with Crippen LogP contribution in [0.25, 0.3) is 0 Å². The van der Waals surface area contributed by atoms with Gasteiger partial charge in [0.05, 0.1) is 21.4 Å². The third-order valence-corrected chi connectivity index (χ3v) is 4.88. The minimum absolute atomic E-state index is 0.141. The second-order valence-electron chi connectivity index (χ2n) is 5.60. The number of amides is 1. The van der Waals surface area contributed by atoms with Gasteiger partial charge in [0.15, 0.2) is 16.7 Å². The van der Waals surface area contributed by atoms with Gasteiger partial charge in [-0.2, -0.15) is 0 Å². The van der Waals surface area contributed by atoms with Crippen molar-refractivity contribution in [2.45, 2.75) is 19.8 Å². The van der Waals surface area contributed by atoms with E-state index in [-0.39, 0.29) is 29.4 Å². The molecule has 0 bridgehead atoms. The van der Waals surface area contributed by atoms with Crippen molar-refractivity contribution in [3.05, 3.63) is 50.5 Å². The first kappa shape index (κ1) is 16.9. The number of nitro groups is 1. The van der Waals surface area contributed by atoms with Gasteiger partial charge in [-0.15, -0.1) is 0 Å². The minimum Gasteiger partial charge on any atom is -0.302 e. The monoisotopic (exact) mass is 359 g/mol. The van der Waals surface area contributed by atoms with Crippen LogP contribution in [0.2, 0.25) is 0 Å². The largest absolute Gasteiger partial charge is 0.302 e. The number of carbonyl (C=O) groups is 3. The molecule has 128 valence electrons. The van der Waals surface area contributed by atoms with Gasteiger partial charge in [0.25, 0.3) is 5.69 Å². The van der Waals surface area contributed by atoms with E-state index in [1.54, 1.807) is 0 Å². The molecule has 0 saturated carbocycles. The highest BCUT2D eigenvalue weighted by Crippen LogP contribution is 2.34. The Morgan fingerprint density at radius 2 is 2.16 bits per heavy atom. The van der Waals surface area contributed by atoms with Gasteiger partial charge < -0.3 is 5.32 Å². The third kappa shape index (κ3) is 3.31. The number of thiazole rings is 1. The molecule has 1 atom stereocenters. The van der Waals surface area contributed by atoms with E-state index in [4.69, 9.17) is 0 Å². The van der Waals surface area contributed by atoms with Crippen LogP contribution in [0.15, 0.2) is 24.3 Å². The normalized spacial score (nSPS) is 16.2. The lowest BCUT2D eigenvalue weighted by Gasteiger charge is -2.18. The fourth-order valence-electron chi connectivity index (χ4n) is 2.71. The molecule has 2 aromatic rings. The first-order valence-electron chi connectivity index (χ1n) is 7.47. The van der Waals surface area contributed by atoms with Crippen LogP contribution < -0.4 is 5.32 Å². The summed E-state index contributed by atoms with van der Waals surface area (Å²) >= 11 is 1.04. The Kier molecular flexibility index (Phi) is 4.41. The molecule has 0 spiro atoms. The van der Waals surface area contributed by atoms with Gasteiger partial charge >= 0.3 is 0 Å². The van der Waals surface area contributed by atoms with Crippen LogP contribution in [0, 0.1) is 16.0 Å². The number of anilines is 1. The summed E-state index contributed by atoms with van der Waals surface area (Å²) < 4.78 is 0. The lowest BCUT2D eigenvalue weighted by atomic mass is 9.84. The van der Waals surface area contributed by atoms with E-state index in [1.807, 2.05) is 0 Å². The number of Topliss-reactive ketones (excluding diaryl/α,β-unsaturated/α-hetero) is 2. The molecule has 0 unspecified atom stereocenters. The molecule has 1 N–H and O–H groups in total. The van der Waals surface area contributed by atoms with Crippen LogP contribution in [0.4, 0.5) is 10.8 Å². The number of nitro benzene ring substituents is 1. The summed E-state index contributed by atoms with van der Waals surface area (Å²) in [6.45, 7) is 1.34. The van der Waals surface area contributed by atoms with Gasteiger partial charge in [0.1, 0.15) is 0 Å². The van der Waals surface area contributed by atoms with Gasteiger partial charge in [0, 0.05) is 24.6 Å². The van der Waals surface area contributed by atoms with E-state index >= 15 is 0 Å². The van der Waals surface area contributed by atoms with Crippen LogP contribution in [0.1, 0.15) is 39.1 Å². The average molecular weight is 359 g/mol. The number of rotatable bonds is 4. The second-order valence-corrected chi connectivity index (χ2v) is 6.60. The van der Waals surface area contributed by atoms with Crippen LogP contribution in [0.5, 0.6) is 0 Å². The topological polar surface area (TPSA) is 119 Å². The number of nitrogens with zero attached hydrogens (tertiary/aromatic N) is 2. The molecule has 0 radical (unpaired) electrons. The Hall–Kier alpha value is -2.94. The van der Waals surface area contributed by atoms with Crippen LogP contribution >= 0.6 is 11.3 Å². The van der Waals surface area contributed by atoms with Gasteiger partial charge in [-0.25, -0.2) is 4.98 Å². The highest BCUT2D eigenvalue weighted by molar-refractivity contribution is 7.17. The van der Waals surface area contributed by atoms with Crippen molar-refractivity contribution in [3.8, 4) is 0 Å². The number of hydrogen-bond acceptors (Lipinski definition) is 7. The number of ketones is 2. The predicted molar refractivity (Wildman–Crippen MR) is 90.0 cm³/mol. The van der Waals surface area contributed by atoms with Crippen molar-refractivity contribution in [3.63, 3.8) is 0 Å². The van der Waals surface area contributed by atoms with Gasteiger partial charge in [-0.1, -0.05) is 23.5 Å². The van der Waals surface area contributed by atoms with Gasteiger partial charge in [-0.05, 0) is 12.8 Å². The Morgan fingerprint density at radius 1 is 1.40 bits per heavy atom. The zero-order chi connectivity index (χ0) is 18.1. The molecule has 8 nitrogen and oxygen atoms in total. The number of fused-ring (bicyclic) bond motifs is 1. The predicted octanol–water partition coefficient (Wildman–Crippen LogP) is 2.64. The van der Waals surface area contributed by atoms with E-state index in [0.717, 1.165) is 11.3 Å². The zero-order valence-corrected chi connectivity index (χ0v) is 14.0. The van der Waals surface area contributed by atoms with Crippen molar-refractivity contribution >= 4 is 39.6 Å².